The van der Waals surface area contributed by atoms with Gasteiger partial charge in [-0.2, -0.15) is 0 Å². The molecule has 1 amide bonds. The maximum Gasteiger partial charge on any atom is 0.257 e. The first-order valence-electron chi connectivity index (χ1n) is 6.51. The van der Waals surface area contributed by atoms with E-state index >= 15 is 0 Å². The number of hydrogen-bond acceptors (Lipinski definition) is 2. The smallest absolute Gasteiger partial charge is 0.257 e. The Morgan fingerprint density at radius 3 is 2.71 bits per heavy atom. The first-order valence-corrected chi connectivity index (χ1v) is 7.68. The first-order chi connectivity index (χ1) is 9.88. The summed E-state index contributed by atoms with van der Waals surface area (Å²) < 4.78 is 0.732. The van der Waals surface area contributed by atoms with Crippen molar-refractivity contribution in [2.24, 2.45) is 0 Å². The molecule has 3 nitrogen and oxygen atoms in total. The maximum absolute atomic E-state index is 12.5. The summed E-state index contributed by atoms with van der Waals surface area (Å²) in [5, 5.41) is 0.218. The van der Waals surface area contributed by atoms with Crippen LogP contribution in [0.4, 0.5) is 0 Å². The lowest BCUT2D eigenvalue weighted by Crippen LogP contribution is -2.27. The zero-order valence-corrected chi connectivity index (χ0v) is 14.5. The molecule has 0 saturated carbocycles. The summed E-state index contributed by atoms with van der Waals surface area (Å²) in [4.78, 5) is 18.1. The Hall–Kier alpha value is -1.39. The van der Waals surface area contributed by atoms with E-state index in [0.29, 0.717) is 12.1 Å². The molecule has 0 unspecified atom stereocenters. The van der Waals surface area contributed by atoms with Gasteiger partial charge in [0.05, 0.1) is 5.56 Å². The Labute approximate surface area is 138 Å². The molecule has 1 aromatic heterocycles. The Bertz CT molecular complexity index is 688. The molecule has 0 aliphatic heterocycles. The standard InChI is InChI=1S/C16H16BrClN2O/c1-10-4-5-12(11(2)6-10)9-20(3)16(21)14-7-13(17)8-19-15(14)18/h4-8H,9H2,1-3H3. The number of pyridine rings is 1. The molecular formula is C16H16BrClN2O. The summed E-state index contributed by atoms with van der Waals surface area (Å²) in [6.07, 6.45) is 1.57. The van der Waals surface area contributed by atoms with E-state index in [1.165, 1.54) is 11.1 Å². The van der Waals surface area contributed by atoms with Gasteiger partial charge in [0.1, 0.15) is 5.15 Å². The first kappa shape index (κ1) is 16.0. The number of hydrogen-bond donors (Lipinski definition) is 0. The highest BCUT2D eigenvalue weighted by Gasteiger charge is 2.17. The average molecular weight is 368 g/mol. The van der Waals surface area contributed by atoms with E-state index in [0.717, 1.165) is 10.0 Å². The van der Waals surface area contributed by atoms with Crippen molar-refractivity contribution < 1.29 is 4.79 Å². The number of benzene rings is 1. The molecule has 0 spiro atoms. The highest BCUT2D eigenvalue weighted by Crippen LogP contribution is 2.21. The lowest BCUT2D eigenvalue weighted by Gasteiger charge is -2.19. The minimum absolute atomic E-state index is 0.145. The van der Waals surface area contributed by atoms with Crippen LogP contribution in [0.5, 0.6) is 0 Å². The lowest BCUT2D eigenvalue weighted by molar-refractivity contribution is 0.0784. The monoisotopic (exact) mass is 366 g/mol. The Morgan fingerprint density at radius 2 is 2.05 bits per heavy atom. The summed E-state index contributed by atoms with van der Waals surface area (Å²) in [5.74, 6) is -0.145. The summed E-state index contributed by atoms with van der Waals surface area (Å²) in [7, 11) is 1.76. The topological polar surface area (TPSA) is 33.2 Å². The van der Waals surface area contributed by atoms with Crippen molar-refractivity contribution in [1.82, 2.24) is 9.88 Å². The van der Waals surface area contributed by atoms with E-state index in [9.17, 15) is 4.79 Å². The van der Waals surface area contributed by atoms with Crippen LogP contribution in [0.1, 0.15) is 27.0 Å². The third kappa shape index (κ3) is 3.83. The van der Waals surface area contributed by atoms with Crippen molar-refractivity contribution in [1.29, 1.82) is 0 Å². The number of carbonyl (C=O) groups excluding carboxylic acids is 1. The van der Waals surface area contributed by atoms with Crippen LogP contribution in [0.2, 0.25) is 5.15 Å². The molecule has 1 heterocycles. The van der Waals surface area contributed by atoms with Gasteiger partial charge in [-0.15, -0.1) is 0 Å². The number of carbonyl (C=O) groups is 1. The molecule has 0 radical (unpaired) electrons. The number of amides is 1. The molecule has 2 aromatic rings. The fraction of sp³-hybridized carbons (Fsp3) is 0.250. The van der Waals surface area contributed by atoms with Gasteiger partial charge in [0.25, 0.3) is 5.91 Å². The number of aromatic nitrogens is 1. The number of nitrogens with zero attached hydrogens (tertiary/aromatic N) is 2. The molecule has 110 valence electrons. The molecule has 0 fully saturated rings. The van der Waals surface area contributed by atoms with Crippen LogP contribution in [0, 0.1) is 13.8 Å². The summed E-state index contributed by atoms with van der Waals surface area (Å²) in [6.45, 7) is 4.64. The van der Waals surface area contributed by atoms with E-state index in [4.69, 9.17) is 11.6 Å². The van der Waals surface area contributed by atoms with Crippen LogP contribution < -0.4 is 0 Å². The van der Waals surface area contributed by atoms with Crippen molar-refractivity contribution in [2.45, 2.75) is 20.4 Å². The zero-order chi connectivity index (χ0) is 15.6. The third-order valence-corrected chi connectivity index (χ3v) is 4.02. The number of halogens is 2. The van der Waals surface area contributed by atoms with Gasteiger partial charge in [-0.1, -0.05) is 35.4 Å². The van der Waals surface area contributed by atoms with Crippen LogP contribution in [-0.4, -0.2) is 22.8 Å². The molecule has 0 aliphatic rings. The Balaban J connectivity index is 2.21. The van der Waals surface area contributed by atoms with Gasteiger partial charge in [0.15, 0.2) is 0 Å². The normalized spacial score (nSPS) is 10.5. The quantitative estimate of drug-likeness (QED) is 0.754. The molecule has 0 atom stereocenters. The summed E-state index contributed by atoms with van der Waals surface area (Å²) >= 11 is 9.32. The molecule has 0 saturated heterocycles. The molecule has 2 rings (SSSR count). The maximum atomic E-state index is 12.5. The highest BCUT2D eigenvalue weighted by atomic mass is 79.9. The summed E-state index contributed by atoms with van der Waals surface area (Å²) in [5.41, 5.74) is 3.91. The van der Waals surface area contributed by atoms with Gasteiger partial charge in [0, 0.05) is 24.3 Å². The molecule has 0 N–H and O–H groups in total. The van der Waals surface area contributed by atoms with Crippen LogP contribution in [0.15, 0.2) is 34.9 Å². The Kier molecular flexibility index (Phi) is 5.01. The second kappa shape index (κ2) is 6.58. The van der Waals surface area contributed by atoms with E-state index in [1.54, 1.807) is 24.2 Å². The van der Waals surface area contributed by atoms with Crippen molar-refractivity contribution in [3.63, 3.8) is 0 Å². The largest absolute Gasteiger partial charge is 0.337 e. The van der Waals surface area contributed by atoms with E-state index in [1.807, 2.05) is 13.0 Å². The lowest BCUT2D eigenvalue weighted by atomic mass is 10.1. The predicted octanol–water partition coefficient (Wildman–Crippen LogP) is 4.39. The minimum Gasteiger partial charge on any atom is -0.337 e. The predicted molar refractivity (Wildman–Crippen MR) is 88.7 cm³/mol. The van der Waals surface area contributed by atoms with Crippen LogP contribution in [-0.2, 0) is 6.54 Å². The molecule has 5 heteroatoms. The Morgan fingerprint density at radius 1 is 1.33 bits per heavy atom. The van der Waals surface area contributed by atoms with E-state index in [2.05, 4.69) is 40.0 Å². The highest BCUT2D eigenvalue weighted by molar-refractivity contribution is 9.10. The van der Waals surface area contributed by atoms with Gasteiger partial charge in [0.2, 0.25) is 0 Å². The third-order valence-electron chi connectivity index (χ3n) is 3.29. The van der Waals surface area contributed by atoms with Crippen LogP contribution >= 0.6 is 27.5 Å². The molecule has 21 heavy (non-hydrogen) atoms. The fourth-order valence-electron chi connectivity index (χ4n) is 2.13. The fourth-order valence-corrected chi connectivity index (χ4v) is 2.64. The molecule has 0 bridgehead atoms. The molecule has 1 aromatic carbocycles. The van der Waals surface area contributed by atoms with Gasteiger partial charge >= 0.3 is 0 Å². The zero-order valence-electron chi connectivity index (χ0n) is 12.2. The van der Waals surface area contributed by atoms with Gasteiger partial charge in [-0.05, 0) is 47.0 Å². The van der Waals surface area contributed by atoms with Crippen molar-refractivity contribution in [2.75, 3.05) is 7.05 Å². The average Bonchev–Trinajstić information content (AvgIpc) is 2.43. The molecular weight excluding hydrogens is 352 g/mol. The van der Waals surface area contributed by atoms with Crippen molar-refractivity contribution in [3.05, 3.63) is 62.3 Å². The van der Waals surface area contributed by atoms with Gasteiger partial charge in [-0.25, -0.2) is 4.98 Å². The van der Waals surface area contributed by atoms with Crippen LogP contribution in [0.25, 0.3) is 0 Å². The van der Waals surface area contributed by atoms with Crippen molar-refractivity contribution in [3.8, 4) is 0 Å². The summed E-state index contributed by atoms with van der Waals surface area (Å²) in [6, 6.07) is 7.90. The van der Waals surface area contributed by atoms with Crippen LogP contribution in [0.3, 0.4) is 0 Å². The van der Waals surface area contributed by atoms with E-state index in [-0.39, 0.29) is 11.1 Å². The van der Waals surface area contributed by atoms with Crippen molar-refractivity contribution >= 4 is 33.4 Å². The SMILES string of the molecule is Cc1ccc(CN(C)C(=O)c2cc(Br)cnc2Cl)c(C)c1. The van der Waals surface area contributed by atoms with Gasteiger partial charge < -0.3 is 4.90 Å². The second-order valence-electron chi connectivity index (χ2n) is 5.08. The second-order valence-corrected chi connectivity index (χ2v) is 6.36. The minimum atomic E-state index is -0.145. The van der Waals surface area contributed by atoms with Gasteiger partial charge in [-0.3, -0.25) is 4.79 Å². The number of aryl methyl sites for hydroxylation is 2. The molecule has 0 aliphatic carbocycles. The number of rotatable bonds is 3. The van der Waals surface area contributed by atoms with E-state index < -0.39 is 0 Å².